The minimum atomic E-state index is -0.824. The minimum absolute atomic E-state index is 0.136. The molecule has 4 saturated heterocycles. The number of carbonyl (C=O) groups is 1. The molecular formula is C19H33N3O4. The summed E-state index contributed by atoms with van der Waals surface area (Å²) < 4.78 is 11.2. The number of hydrogen-bond donors (Lipinski definition) is 2. The maximum Gasteiger partial charge on any atom is 0.410 e. The summed E-state index contributed by atoms with van der Waals surface area (Å²) in [4.78, 5) is 16.8. The third kappa shape index (κ3) is 3.13. The van der Waals surface area contributed by atoms with Gasteiger partial charge in [-0.1, -0.05) is 6.92 Å². The van der Waals surface area contributed by atoms with Crippen molar-refractivity contribution in [3.8, 4) is 0 Å². The average Bonchev–Trinajstić information content (AvgIpc) is 2.97. The lowest BCUT2D eigenvalue weighted by Crippen LogP contribution is -2.62. The molecule has 26 heavy (non-hydrogen) atoms. The van der Waals surface area contributed by atoms with Crippen molar-refractivity contribution in [1.82, 2.24) is 15.1 Å². The monoisotopic (exact) mass is 367 g/mol. The molecule has 5 unspecified atom stereocenters. The van der Waals surface area contributed by atoms with Gasteiger partial charge >= 0.3 is 6.09 Å². The second-order valence-corrected chi connectivity index (χ2v) is 8.34. The van der Waals surface area contributed by atoms with Crippen LogP contribution in [0.2, 0.25) is 0 Å². The maximum absolute atomic E-state index is 12.2. The van der Waals surface area contributed by atoms with Crippen molar-refractivity contribution in [2.24, 2.45) is 5.92 Å². The van der Waals surface area contributed by atoms with Crippen LogP contribution in [0.4, 0.5) is 4.79 Å². The number of likely N-dealkylation sites (tertiary alicyclic amines) is 1. The Bertz CT molecular complexity index is 523. The standard InChI is InChI=1S/C19H33N3O4/c1-3-16-19(26-17(23)20-16)7-9-21(10-8-19)15-11-14-6-5-13(15)12-22(14)18(24)25-4-2/h13-17,20,23H,3-12H2,1-2H3. The van der Waals surface area contributed by atoms with E-state index in [2.05, 4.69) is 17.1 Å². The van der Waals surface area contributed by atoms with Crippen molar-refractivity contribution < 1.29 is 19.4 Å². The molecule has 2 N–H and O–H groups in total. The highest BCUT2D eigenvalue weighted by Gasteiger charge is 2.51. The van der Waals surface area contributed by atoms with Crippen LogP contribution in [0.3, 0.4) is 0 Å². The molecule has 7 heteroatoms. The summed E-state index contributed by atoms with van der Waals surface area (Å²) in [7, 11) is 0. The molecule has 5 rings (SSSR count). The van der Waals surface area contributed by atoms with E-state index in [4.69, 9.17) is 9.47 Å². The second kappa shape index (κ2) is 7.26. The summed E-state index contributed by atoms with van der Waals surface area (Å²) in [5, 5.41) is 13.0. The first-order valence-corrected chi connectivity index (χ1v) is 10.4. The first kappa shape index (κ1) is 18.5. The van der Waals surface area contributed by atoms with Gasteiger partial charge in [-0.25, -0.2) is 4.79 Å². The van der Waals surface area contributed by atoms with E-state index < -0.39 is 6.41 Å². The fraction of sp³-hybridized carbons (Fsp3) is 0.947. The Labute approximate surface area is 156 Å². The lowest BCUT2D eigenvalue weighted by atomic mass is 9.74. The van der Waals surface area contributed by atoms with Crippen LogP contribution in [0.1, 0.15) is 52.4 Å². The van der Waals surface area contributed by atoms with Crippen LogP contribution in [-0.2, 0) is 9.47 Å². The molecule has 5 aliphatic rings. The van der Waals surface area contributed by atoms with Crippen molar-refractivity contribution in [1.29, 1.82) is 0 Å². The Morgan fingerprint density at radius 2 is 2.08 bits per heavy atom. The van der Waals surface area contributed by atoms with Crippen molar-refractivity contribution in [3.63, 3.8) is 0 Å². The predicted molar refractivity (Wildman–Crippen MR) is 96.5 cm³/mol. The summed E-state index contributed by atoms with van der Waals surface area (Å²) in [6, 6.07) is 1.13. The molecule has 1 spiro atoms. The molecule has 0 radical (unpaired) electrons. The van der Waals surface area contributed by atoms with E-state index in [0.29, 0.717) is 24.6 Å². The molecule has 2 bridgehead atoms. The summed E-state index contributed by atoms with van der Waals surface area (Å²) in [6.45, 7) is 7.33. The first-order valence-electron chi connectivity index (χ1n) is 10.4. The van der Waals surface area contributed by atoms with Crippen LogP contribution < -0.4 is 5.32 Å². The number of fused-ring (bicyclic) bond motifs is 3. The van der Waals surface area contributed by atoms with Gasteiger partial charge in [-0.3, -0.25) is 10.2 Å². The fourth-order valence-electron chi connectivity index (χ4n) is 5.82. The number of aliphatic hydroxyl groups is 1. The molecule has 4 aliphatic heterocycles. The first-order chi connectivity index (χ1) is 12.6. The van der Waals surface area contributed by atoms with Crippen LogP contribution in [-0.4, -0.2) is 77.4 Å². The molecular weight excluding hydrogens is 334 g/mol. The normalized spacial score (nSPS) is 39.5. The number of hydrogen-bond acceptors (Lipinski definition) is 6. The zero-order chi connectivity index (χ0) is 18.3. The summed E-state index contributed by atoms with van der Waals surface area (Å²) >= 11 is 0. The van der Waals surface area contributed by atoms with Crippen LogP contribution in [0.25, 0.3) is 0 Å². The van der Waals surface area contributed by atoms with Gasteiger partial charge in [0.1, 0.15) is 0 Å². The van der Waals surface area contributed by atoms with Crippen LogP contribution >= 0.6 is 0 Å². The Hall–Kier alpha value is -0.890. The van der Waals surface area contributed by atoms with Gasteiger partial charge in [-0.2, -0.15) is 0 Å². The molecule has 4 heterocycles. The van der Waals surface area contributed by atoms with Crippen LogP contribution in [0.5, 0.6) is 0 Å². The number of rotatable bonds is 3. The SMILES string of the molecule is CCOC(=O)N1CC2CCC1CC2N1CCC2(CC1)OC(O)NC2CC. The highest BCUT2D eigenvalue weighted by atomic mass is 16.6. The van der Waals surface area contributed by atoms with E-state index in [1.807, 2.05) is 11.8 Å². The van der Waals surface area contributed by atoms with Crippen molar-refractivity contribution in [3.05, 3.63) is 0 Å². The van der Waals surface area contributed by atoms with Gasteiger partial charge in [0.15, 0.2) is 0 Å². The van der Waals surface area contributed by atoms with Gasteiger partial charge in [-0.15, -0.1) is 0 Å². The number of aliphatic hydroxyl groups excluding tert-OH is 1. The lowest BCUT2D eigenvalue weighted by Gasteiger charge is -2.54. The van der Waals surface area contributed by atoms with E-state index in [-0.39, 0.29) is 17.7 Å². The van der Waals surface area contributed by atoms with Gasteiger partial charge in [-0.05, 0) is 51.4 Å². The predicted octanol–water partition coefficient (Wildman–Crippen LogP) is 1.50. The van der Waals surface area contributed by atoms with Gasteiger partial charge < -0.3 is 19.5 Å². The molecule has 0 aromatic carbocycles. The number of carbonyl (C=O) groups excluding carboxylic acids is 1. The van der Waals surface area contributed by atoms with Gasteiger partial charge in [0.25, 0.3) is 0 Å². The highest BCUT2D eigenvalue weighted by Crippen LogP contribution is 2.42. The van der Waals surface area contributed by atoms with Crippen LogP contribution in [0, 0.1) is 5.92 Å². The molecule has 0 aromatic rings. The molecule has 0 aromatic heterocycles. The average molecular weight is 367 g/mol. The molecule has 148 valence electrons. The van der Waals surface area contributed by atoms with Crippen molar-refractivity contribution in [2.45, 2.75) is 82.5 Å². The molecule has 1 saturated carbocycles. The second-order valence-electron chi connectivity index (χ2n) is 8.34. The Morgan fingerprint density at radius 1 is 1.31 bits per heavy atom. The van der Waals surface area contributed by atoms with E-state index >= 15 is 0 Å². The quantitative estimate of drug-likeness (QED) is 0.788. The maximum atomic E-state index is 12.2. The third-order valence-corrected chi connectivity index (χ3v) is 7.15. The van der Waals surface area contributed by atoms with E-state index in [9.17, 15) is 9.90 Å². The van der Waals surface area contributed by atoms with E-state index in [1.165, 1.54) is 6.42 Å². The lowest BCUT2D eigenvalue weighted by molar-refractivity contribution is -0.165. The third-order valence-electron chi connectivity index (χ3n) is 7.15. The molecule has 1 amide bonds. The number of amides is 1. The largest absolute Gasteiger partial charge is 0.450 e. The number of piperidine rings is 3. The molecule has 5 atom stereocenters. The molecule has 7 nitrogen and oxygen atoms in total. The van der Waals surface area contributed by atoms with Gasteiger partial charge in [0, 0.05) is 37.8 Å². The smallest absolute Gasteiger partial charge is 0.410 e. The topological polar surface area (TPSA) is 74.3 Å². The minimum Gasteiger partial charge on any atom is -0.450 e. The van der Waals surface area contributed by atoms with Gasteiger partial charge in [0.05, 0.1) is 12.2 Å². The molecule has 1 aliphatic carbocycles. The van der Waals surface area contributed by atoms with Crippen LogP contribution in [0.15, 0.2) is 0 Å². The van der Waals surface area contributed by atoms with Gasteiger partial charge in [0.2, 0.25) is 6.41 Å². The summed E-state index contributed by atoms with van der Waals surface area (Å²) in [5.41, 5.74) is -0.213. The van der Waals surface area contributed by atoms with Crippen molar-refractivity contribution >= 4 is 6.09 Å². The summed E-state index contributed by atoms with van der Waals surface area (Å²) in [5.74, 6) is 0.550. The Balaban J connectivity index is 1.37. The Kier molecular flexibility index (Phi) is 5.16. The molecule has 5 fully saturated rings. The van der Waals surface area contributed by atoms with E-state index in [1.54, 1.807) is 0 Å². The zero-order valence-corrected chi connectivity index (χ0v) is 16.0. The zero-order valence-electron chi connectivity index (χ0n) is 16.0. The summed E-state index contributed by atoms with van der Waals surface area (Å²) in [6.07, 6.45) is 5.32. The van der Waals surface area contributed by atoms with E-state index in [0.717, 1.165) is 51.7 Å². The fourth-order valence-corrected chi connectivity index (χ4v) is 5.82. The Morgan fingerprint density at radius 3 is 2.69 bits per heavy atom. The number of nitrogens with one attached hydrogen (secondary N) is 1. The highest BCUT2D eigenvalue weighted by molar-refractivity contribution is 5.68. The number of ether oxygens (including phenoxy) is 2. The number of nitrogens with zero attached hydrogens (tertiary/aromatic N) is 2. The van der Waals surface area contributed by atoms with Crippen molar-refractivity contribution in [2.75, 3.05) is 26.2 Å².